The van der Waals surface area contributed by atoms with Gasteiger partial charge in [-0.3, -0.25) is 4.79 Å². The van der Waals surface area contributed by atoms with Crippen LogP contribution in [0.4, 0.5) is 5.82 Å². The van der Waals surface area contributed by atoms with Gasteiger partial charge in [0, 0.05) is 36.7 Å². The summed E-state index contributed by atoms with van der Waals surface area (Å²) < 4.78 is 0. The number of hydrogen-bond acceptors (Lipinski definition) is 5. The highest BCUT2D eigenvalue weighted by Gasteiger charge is 2.26. The second kappa shape index (κ2) is 6.52. The van der Waals surface area contributed by atoms with Crippen LogP contribution in [-0.2, 0) is 12.8 Å². The van der Waals surface area contributed by atoms with Crippen LogP contribution in [0.15, 0.2) is 30.6 Å². The van der Waals surface area contributed by atoms with Crippen LogP contribution in [0, 0.1) is 11.3 Å². The van der Waals surface area contributed by atoms with E-state index in [9.17, 15) is 4.79 Å². The Bertz CT molecular complexity index is 853. The molecule has 0 radical (unpaired) electrons. The normalized spacial score (nSPS) is 16.5. The van der Waals surface area contributed by atoms with E-state index in [0.717, 1.165) is 29.9 Å². The van der Waals surface area contributed by atoms with Crippen LogP contribution in [0.25, 0.3) is 0 Å². The number of nitrogens with zero attached hydrogens (tertiary/aromatic N) is 4. The van der Waals surface area contributed by atoms with Gasteiger partial charge >= 0.3 is 0 Å². The van der Waals surface area contributed by atoms with E-state index >= 15 is 0 Å². The van der Waals surface area contributed by atoms with E-state index in [1.54, 1.807) is 30.6 Å². The van der Waals surface area contributed by atoms with Gasteiger partial charge in [0.05, 0.1) is 17.3 Å². The standard InChI is InChI=1S/C19H19N5O/c20-11-13-2-1-3-14(10-13)19(25)24-8-6-16-17(7-9-24)21-12-22-18(16)23-15-4-5-15/h1-3,10,12,15H,4-9H2,(H,21,22,23). The van der Waals surface area contributed by atoms with Gasteiger partial charge in [0.25, 0.3) is 5.91 Å². The average molecular weight is 333 g/mol. The molecule has 2 aromatic rings. The minimum absolute atomic E-state index is 0.0328. The summed E-state index contributed by atoms with van der Waals surface area (Å²) in [7, 11) is 0. The fourth-order valence-corrected chi connectivity index (χ4v) is 3.18. The molecular weight excluding hydrogens is 314 g/mol. The first-order chi connectivity index (χ1) is 12.2. The SMILES string of the molecule is N#Cc1cccc(C(=O)N2CCc3ncnc(NC4CC4)c3CC2)c1. The molecule has 6 nitrogen and oxygen atoms in total. The molecule has 1 fully saturated rings. The van der Waals surface area contributed by atoms with Crippen LogP contribution < -0.4 is 5.32 Å². The molecule has 126 valence electrons. The first kappa shape index (κ1) is 15.6. The maximum absolute atomic E-state index is 12.8. The quantitative estimate of drug-likeness (QED) is 0.931. The first-order valence-electron chi connectivity index (χ1n) is 8.63. The molecule has 0 spiro atoms. The molecular formula is C19H19N5O. The van der Waals surface area contributed by atoms with Crippen molar-refractivity contribution in [1.29, 1.82) is 5.26 Å². The van der Waals surface area contributed by atoms with Crippen LogP contribution >= 0.6 is 0 Å². The molecule has 1 amide bonds. The summed E-state index contributed by atoms with van der Waals surface area (Å²) in [5.74, 6) is 0.892. The van der Waals surface area contributed by atoms with Crippen molar-refractivity contribution in [1.82, 2.24) is 14.9 Å². The van der Waals surface area contributed by atoms with Crippen molar-refractivity contribution in [3.05, 3.63) is 53.0 Å². The molecule has 1 N–H and O–H groups in total. The maximum atomic E-state index is 12.8. The monoisotopic (exact) mass is 333 g/mol. The molecule has 2 heterocycles. The highest BCUT2D eigenvalue weighted by molar-refractivity contribution is 5.94. The number of carbonyl (C=O) groups excluding carboxylic acids is 1. The molecule has 25 heavy (non-hydrogen) atoms. The van der Waals surface area contributed by atoms with Crippen molar-refractivity contribution < 1.29 is 4.79 Å². The van der Waals surface area contributed by atoms with Crippen molar-refractivity contribution in [2.45, 2.75) is 31.7 Å². The summed E-state index contributed by atoms with van der Waals surface area (Å²) in [4.78, 5) is 23.5. The lowest BCUT2D eigenvalue weighted by molar-refractivity contribution is 0.0763. The van der Waals surface area contributed by atoms with Gasteiger partial charge in [-0.1, -0.05) is 6.07 Å². The van der Waals surface area contributed by atoms with E-state index in [4.69, 9.17) is 5.26 Å². The largest absolute Gasteiger partial charge is 0.367 e. The highest BCUT2D eigenvalue weighted by atomic mass is 16.2. The average Bonchev–Trinajstić information content (AvgIpc) is 3.48. The topological polar surface area (TPSA) is 81.9 Å². The van der Waals surface area contributed by atoms with Gasteiger partial charge in [-0.05, 0) is 37.5 Å². The molecule has 2 aliphatic rings. The van der Waals surface area contributed by atoms with E-state index in [0.29, 0.717) is 30.3 Å². The predicted molar refractivity (Wildman–Crippen MR) is 93.1 cm³/mol. The Hall–Kier alpha value is -2.94. The number of amides is 1. The Labute approximate surface area is 146 Å². The number of carbonyl (C=O) groups is 1. The number of benzene rings is 1. The van der Waals surface area contributed by atoms with E-state index in [2.05, 4.69) is 21.4 Å². The van der Waals surface area contributed by atoms with E-state index in [1.165, 1.54) is 12.8 Å². The molecule has 1 aromatic carbocycles. The fourth-order valence-electron chi connectivity index (χ4n) is 3.18. The van der Waals surface area contributed by atoms with Crippen molar-refractivity contribution >= 4 is 11.7 Å². The van der Waals surface area contributed by atoms with Crippen molar-refractivity contribution in [2.75, 3.05) is 18.4 Å². The molecule has 4 rings (SSSR count). The number of fused-ring (bicyclic) bond motifs is 1. The second-order valence-corrected chi connectivity index (χ2v) is 6.55. The number of nitrogens with one attached hydrogen (secondary N) is 1. The Morgan fingerprint density at radius 2 is 2.08 bits per heavy atom. The van der Waals surface area contributed by atoms with E-state index in [1.807, 2.05) is 4.90 Å². The number of nitriles is 1. The maximum Gasteiger partial charge on any atom is 0.253 e. The number of anilines is 1. The van der Waals surface area contributed by atoms with Gasteiger partial charge in [0.2, 0.25) is 0 Å². The van der Waals surface area contributed by atoms with Gasteiger partial charge in [0.1, 0.15) is 12.1 Å². The van der Waals surface area contributed by atoms with Crippen LogP contribution in [0.1, 0.15) is 40.0 Å². The third kappa shape index (κ3) is 3.31. The van der Waals surface area contributed by atoms with Gasteiger partial charge in [-0.2, -0.15) is 5.26 Å². The zero-order valence-corrected chi connectivity index (χ0v) is 13.9. The zero-order valence-electron chi connectivity index (χ0n) is 13.9. The van der Waals surface area contributed by atoms with Crippen molar-refractivity contribution in [3.63, 3.8) is 0 Å². The van der Waals surface area contributed by atoms with Gasteiger partial charge in [-0.25, -0.2) is 9.97 Å². The Kier molecular flexibility index (Phi) is 4.06. The Balaban J connectivity index is 1.53. The molecule has 1 aromatic heterocycles. The summed E-state index contributed by atoms with van der Waals surface area (Å²) in [6.07, 6.45) is 5.46. The minimum atomic E-state index is -0.0328. The minimum Gasteiger partial charge on any atom is -0.367 e. The van der Waals surface area contributed by atoms with E-state index in [-0.39, 0.29) is 5.91 Å². The van der Waals surface area contributed by atoms with Gasteiger partial charge < -0.3 is 10.2 Å². The number of rotatable bonds is 3. The summed E-state index contributed by atoms with van der Waals surface area (Å²) in [6, 6.07) is 9.50. The lowest BCUT2D eigenvalue weighted by Gasteiger charge is -2.20. The lowest BCUT2D eigenvalue weighted by Crippen LogP contribution is -2.33. The lowest BCUT2D eigenvalue weighted by atomic mass is 10.1. The third-order valence-corrected chi connectivity index (χ3v) is 4.73. The Morgan fingerprint density at radius 3 is 2.88 bits per heavy atom. The second-order valence-electron chi connectivity index (χ2n) is 6.55. The summed E-state index contributed by atoms with van der Waals surface area (Å²) in [5.41, 5.74) is 3.23. The molecule has 1 aliphatic carbocycles. The zero-order chi connectivity index (χ0) is 17.2. The molecule has 0 bridgehead atoms. The first-order valence-corrected chi connectivity index (χ1v) is 8.63. The molecule has 0 saturated heterocycles. The highest BCUT2D eigenvalue weighted by Crippen LogP contribution is 2.28. The summed E-state index contributed by atoms with van der Waals surface area (Å²) in [5, 5.41) is 12.5. The van der Waals surface area contributed by atoms with Crippen molar-refractivity contribution in [3.8, 4) is 6.07 Å². The molecule has 0 unspecified atom stereocenters. The van der Waals surface area contributed by atoms with Gasteiger partial charge in [0.15, 0.2) is 0 Å². The summed E-state index contributed by atoms with van der Waals surface area (Å²) >= 11 is 0. The van der Waals surface area contributed by atoms with Crippen LogP contribution in [0.5, 0.6) is 0 Å². The molecule has 6 heteroatoms. The van der Waals surface area contributed by atoms with Crippen LogP contribution in [0.3, 0.4) is 0 Å². The van der Waals surface area contributed by atoms with Gasteiger partial charge in [-0.15, -0.1) is 0 Å². The third-order valence-electron chi connectivity index (χ3n) is 4.73. The van der Waals surface area contributed by atoms with Crippen molar-refractivity contribution in [2.24, 2.45) is 0 Å². The molecule has 0 atom stereocenters. The molecule has 1 aliphatic heterocycles. The smallest absolute Gasteiger partial charge is 0.253 e. The predicted octanol–water partition coefficient (Wildman–Crippen LogP) is 2.16. The van der Waals surface area contributed by atoms with Crippen LogP contribution in [-0.4, -0.2) is 39.9 Å². The summed E-state index contributed by atoms with van der Waals surface area (Å²) in [6.45, 7) is 1.26. The number of aromatic nitrogens is 2. The molecule has 1 saturated carbocycles. The van der Waals surface area contributed by atoms with E-state index < -0.39 is 0 Å². The fraction of sp³-hybridized carbons (Fsp3) is 0.368. The number of hydrogen-bond donors (Lipinski definition) is 1. The Morgan fingerprint density at radius 1 is 1.24 bits per heavy atom. The van der Waals surface area contributed by atoms with Crippen LogP contribution in [0.2, 0.25) is 0 Å².